The van der Waals surface area contributed by atoms with Crippen LogP contribution in [0.1, 0.15) is 46.0 Å². The molecule has 0 unspecified atom stereocenters. The zero-order valence-electron chi connectivity index (χ0n) is 15.8. The van der Waals surface area contributed by atoms with Gasteiger partial charge in [-0.3, -0.25) is 0 Å². The minimum Gasteiger partial charge on any atom is -0.394 e. The Labute approximate surface area is 152 Å². The molecule has 0 bridgehead atoms. The van der Waals surface area contributed by atoms with Crippen molar-refractivity contribution in [3.05, 3.63) is 30.3 Å². The number of urea groups is 1. The molecule has 6 heteroatoms. The number of anilines is 1. The second kappa shape index (κ2) is 9.94. The molecule has 0 radical (unpaired) electrons. The average molecular weight is 365 g/mol. The summed E-state index contributed by atoms with van der Waals surface area (Å²) in [5, 5.41) is 3.04. The molecule has 0 aromatic heterocycles. The van der Waals surface area contributed by atoms with Gasteiger partial charge < -0.3 is 19.1 Å². The summed E-state index contributed by atoms with van der Waals surface area (Å²) in [6.07, 6.45) is 6.31. The molecular weight excluding hydrogens is 332 g/mol. The number of amides is 2. The maximum atomic E-state index is 13.0. The molecule has 1 N–H and O–H groups in total. The Bertz CT molecular complexity index is 515. The highest BCUT2D eigenvalue weighted by Crippen LogP contribution is 2.25. The van der Waals surface area contributed by atoms with E-state index in [9.17, 15) is 4.79 Å². The quantitative estimate of drug-likeness (QED) is 0.689. The van der Waals surface area contributed by atoms with Crippen LogP contribution in [-0.4, -0.2) is 44.9 Å². The molecule has 1 saturated carbocycles. The van der Waals surface area contributed by atoms with Crippen LogP contribution in [0.25, 0.3) is 0 Å². The van der Waals surface area contributed by atoms with Gasteiger partial charge in [-0.05, 0) is 45.4 Å². The van der Waals surface area contributed by atoms with E-state index >= 15 is 0 Å². The third-order valence-electron chi connectivity index (χ3n) is 4.66. The van der Waals surface area contributed by atoms with Gasteiger partial charge in [0.15, 0.2) is 0 Å². The predicted molar refractivity (Wildman–Crippen MR) is 104 cm³/mol. The summed E-state index contributed by atoms with van der Waals surface area (Å²) in [5.74, 6) is 0. The summed E-state index contributed by atoms with van der Waals surface area (Å²) in [4.78, 5) is 15.0. The molecule has 0 atom stereocenters. The van der Waals surface area contributed by atoms with E-state index in [4.69, 9.17) is 8.85 Å². The Hall–Kier alpha value is -1.37. The smallest absolute Gasteiger partial charge is 0.355 e. The minimum absolute atomic E-state index is 0.0452. The summed E-state index contributed by atoms with van der Waals surface area (Å²) >= 11 is 0. The van der Waals surface area contributed by atoms with Gasteiger partial charge in [-0.25, -0.2) is 4.79 Å². The Balaban J connectivity index is 2.15. The van der Waals surface area contributed by atoms with Gasteiger partial charge in [0.25, 0.3) is 0 Å². The molecule has 5 nitrogen and oxygen atoms in total. The van der Waals surface area contributed by atoms with E-state index in [1.54, 1.807) is 0 Å². The van der Waals surface area contributed by atoms with E-state index in [0.29, 0.717) is 19.4 Å². The number of carbonyl (C=O) groups is 1. The zero-order valence-corrected chi connectivity index (χ0v) is 16.8. The van der Waals surface area contributed by atoms with Crippen LogP contribution in [0.15, 0.2) is 30.3 Å². The molecule has 140 valence electrons. The molecule has 0 spiro atoms. The van der Waals surface area contributed by atoms with Gasteiger partial charge in [0.1, 0.15) is 0 Å². The fourth-order valence-electron chi connectivity index (χ4n) is 3.53. The van der Waals surface area contributed by atoms with Crippen molar-refractivity contribution in [2.24, 2.45) is 0 Å². The van der Waals surface area contributed by atoms with Crippen LogP contribution in [-0.2, 0) is 8.85 Å². The van der Waals surface area contributed by atoms with E-state index in [-0.39, 0.29) is 12.1 Å². The van der Waals surface area contributed by atoms with Crippen LogP contribution in [0.3, 0.4) is 0 Å². The van der Waals surface area contributed by atoms with Crippen LogP contribution in [0.4, 0.5) is 10.5 Å². The first-order valence-corrected chi connectivity index (χ1v) is 12.0. The lowest BCUT2D eigenvalue weighted by molar-refractivity contribution is 0.142. The van der Waals surface area contributed by atoms with Crippen molar-refractivity contribution < 1.29 is 13.6 Å². The molecule has 0 saturated heterocycles. The highest BCUT2D eigenvalue weighted by Gasteiger charge is 2.38. The van der Waals surface area contributed by atoms with Crippen LogP contribution in [0, 0.1) is 0 Å². The maximum absolute atomic E-state index is 13.0. The highest BCUT2D eigenvalue weighted by molar-refractivity contribution is 6.66. The first-order chi connectivity index (χ1) is 12.1. The minimum atomic E-state index is -2.41. The molecule has 2 amide bonds. The second-order valence-electron chi connectivity index (χ2n) is 6.72. The number of nitrogens with one attached hydrogen (secondary N) is 1. The summed E-state index contributed by atoms with van der Waals surface area (Å²) in [6, 6.07) is 9.86. The number of hydrogen-bond acceptors (Lipinski definition) is 3. The van der Waals surface area contributed by atoms with Crippen LogP contribution in [0.5, 0.6) is 0 Å². The second-order valence-corrected chi connectivity index (χ2v) is 9.88. The van der Waals surface area contributed by atoms with Crippen molar-refractivity contribution in [2.45, 2.75) is 58.5 Å². The normalized spacial score (nSPS) is 15.8. The van der Waals surface area contributed by atoms with Crippen LogP contribution in [0.2, 0.25) is 6.55 Å². The molecule has 1 aromatic carbocycles. The molecule has 1 fully saturated rings. The standard InChI is InChI=1S/C19H32N2O3Si/c1-4-23-25(3,24-5-2)16-21(18-14-10-7-11-15-18)19(22)20-17-12-8-6-9-13-17/h6,8-9,12-13,18H,4-5,7,10-11,14-16H2,1-3H3,(H,20,22). The fraction of sp³-hybridized carbons (Fsp3) is 0.632. The van der Waals surface area contributed by atoms with Crippen molar-refractivity contribution in [1.82, 2.24) is 4.90 Å². The van der Waals surface area contributed by atoms with Gasteiger partial charge in [0, 0.05) is 24.9 Å². The third-order valence-corrected chi connectivity index (χ3v) is 7.37. The monoisotopic (exact) mass is 364 g/mol. The summed E-state index contributed by atoms with van der Waals surface area (Å²) < 4.78 is 12.0. The predicted octanol–water partition coefficient (Wildman–Crippen LogP) is 4.54. The number of para-hydroxylation sites is 1. The van der Waals surface area contributed by atoms with Crippen molar-refractivity contribution >= 4 is 20.3 Å². The van der Waals surface area contributed by atoms with Gasteiger partial charge >= 0.3 is 14.6 Å². The molecule has 0 aliphatic heterocycles. The Kier molecular flexibility index (Phi) is 7.93. The lowest BCUT2D eigenvalue weighted by Gasteiger charge is -2.39. The Morgan fingerprint density at radius 2 is 1.72 bits per heavy atom. The van der Waals surface area contributed by atoms with Gasteiger partial charge in [0.05, 0.1) is 6.17 Å². The topological polar surface area (TPSA) is 50.8 Å². The number of benzene rings is 1. The van der Waals surface area contributed by atoms with E-state index in [1.807, 2.05) is 49.1 Å². The molecule has 1 aliphatic rings. The Morgan fingerprint density at radius 3 is 2.28 bits per heavy atom. The summed E-state index contributed by atoms with van der Waals surface area (Å²) in [5.41, 5.74) is 0.824. The fourth-order valence-corrected chi connectivity index (χ4v) is 6.04. The molecule has 1 aliphatic carbocycles. The van der Waals surface area contributed by atoms with Crippen molar-refractivity contribution in [3.8, 4) is 0 Å². The highest BCUT2D eigenvalue weighted by atomic mass is 28.4. The lowest BCUT2D eigenvalue weighted by atomic mass is 9.95. The number of rotatable bonds is 8. The third kappa shape index (κ3) is 6.13. The largest absolute Gasteiger partial charge is 0.394 e. The number of hydrogen-bond donors (Lipinski definition) is 1. The van der Waals surface area contributed by atoms with E-state index in [0.717, 1.165) is 18.5 Å². The first-order valence-electron chi connectivity index (χ1n) is 9.48. The molecule has 2 rings (SSSR count). The zero-order chi connectivity index (χ0) is 18.1. The molecule has 1 aromatic rings. The molecular formula is C19H32N2O3Si. The first kappa shape index (κ1) is 19.9. The van der Waals surface area contributed by atoms with Crippen molar-refractivity contribution in [1.29, 1.82) is 0 Å². The van der Waals surface area contributed by atoms with Gasteiger partial charge in [-0.1, -0.05) is 37.5 Å². The van der Waals surface area contributed by atoms with Crippen LogP contribution < -0.4 is 5.32 Å². The van der Waals surface area contributed by atoms with Gasteiger partial charge in [-0.2, -0.15) is 0 Å². The SMILES string of the molecule is CCO[Si](C)(CN(C(=O)Nc1ccccc1)C1CCCCC1)OCC. The Morgan fingerprint density at radius 1 is 1.12 bits per heavy atom. The molecule has 0 heterocycles. The van der Waals surface area contributed by atoms with Crippen molar-refractivity contribution in [3.63, 3.8) is 0 Å². The summed E-state index contributed by atoms with van der Waals surface area (Å²) in [7, 11) is -2.41. The number of nitrogens with zero attached hydrogens (tertiary/aromatic N) is 1. The lowest BCUT2D eigenvalue weighted by Crippen LogP contribution is -2.56. The van der Waals surface area contributed by atoms with Crippen molar-refractivity contribution in [2.75, 3.05) is 24.7 Å². The van der Waals surface area contributed by atoms with E-state index < -0.39 is 8.56 Å². The van der Waals surface area contributed by atoms with Gasteiger partial charge in [0.2, 0.25) is 0 Å². The van der Waals surface area contributed by atoms with Crippen LogP contribution >= 0.6 is 0 Å². The number of carbonyl (C=O) groups excluding carboxylic acids is 1. The maximum Gasteiger partial charge on any atom is 0.355 e. The van der Waals surface area contributed by atoms with Gasteiger partial charge in [-0.15, -0.1) is 0 Å². The molecule has 25 heavy (non-hydrogen) atoms. The van der Waals surface area contributed by atoms with E-state index in [2.05, 4.69) is 11.9 Å². The average Bonchev–Trinajstić information content (AvgIpc) is 2.62. The summed E-state index contributed by atoms with van der Waals surface area (Å²) in [6.45, 7) is 7.26. The van der Waals surface area contributed by atoms with E-state index in [1.165, 1.54) is 19.3 Å².